The summed E-state index contributed by atoms with van der Waals surface area (Å²) in [5, 5.41) is 0. The molecule has 15 heavy (non-hydrogen) atoms. The first-order valence-corrected chi connectivity index (χ1v) is 5.62. The molecule has 1 rings (SSSR count). The van der Waals surface area contributed by atoms with E-state index in [-0.39, 0.29) is 6.04 Å². The second kappa shape index (κ2) is 5.33. The van der Waals surface area contributed by atoms with Crippen molar-refractivity contribution in [2.45, 2.75) is 19.9 Å². The van der Waals surface area contributed by atoms with Gasteiger partial charge in [0.25, 0.3) is 0 Å². The van der Waals surface area contributed by atoms with E-state index in [0.717, 1.165) is 15.8 Å². The minimum atomic E-state index is -0.0245. The average Bonchev–Trinajstić information content (AvgIpc) is 2.15. The third kappa shape index (κ3) is 3.68. The van der Waals surface area contributed by atoms with Gasteiger partial charge in [-0.2, -0.15) is 0 Å². The van der Waals surface area contributed by atoms with Crippen molar-refractivity contribution >= 4 is 15.9 Å². The Hall–Kier alpha value is -0.800. The fourth-order valence-electron chi connectivity index (χ4n) is 1.31. The summed E-state index contributed by atoms with van der Waals surface area (Å²) in [4.78, 5) is 0. The van der Waals surface area contributed by atoms with Gasteiger partial charge in [0.05, 0.1) is 0 Å². The van der Waals surface area contributed by atoms with Crippen molar-refractivity contribution in [2.24, 2.45) is 5.73 Å². The molecule has 1 aromatic rings. The normalized spacial score (nSPS) is 12.3. The van der Waals surface area contributed by atoms with Gasteiger partial charge in [-0.05, 0) is 19.9 Å². The molecular formula is C12H16BrNO. The zero-order valence-corrected chi connectivity index (χ0v) is 10.7. The van der Waals surface area contributed by atoms with E-state index in [0.29, 0.717) is 6.61 Å². The third-order valence-corrected chi connectivity index (χ3v) is 2.27. The predicted molar refractivity (Wildman–Crippen MR) is 67.3 cm³/mol. The van der Waals surface area contributed by atoms with Gasteiger partial charge in [0.15, 0.2) is 0 Å². The zero-order valence-electron chi connectivity index (χ0n) is 9.09. The molecule has 82 valence electrons. The van der Waals surface area contributed by atoms with Gasteiger partial charge in [0.2, 0.25) is 0 Å². The summed E-state index contributed by atoms with van der Waals surface area (Å²) < 4.78 is 6.41. The van der Waals surface area contributed by atoms with Crippen LogP contribution in [-0.4, -0.2) is 6.61 Å². The Kier molecular flexibility index (Phi) is 4.36. The lowest BCUT2D eigenvalue weighted by molar-refractivity contribution is 0.355. The Morgan fingerprint density at radius 1 is 1.60 bits per heavy atom. The van der Waals surface area contributed by atoms with Crippen molar-refractivity contribution in [1.29, 1.82) is 0 Å². The maximum Gasteiger partial charge on any atom is 0.124 e. The van der Waals surface area contributed by atoms with Crippen LogP contribution in [0.2, 0.25) is 0 Å². The number of halogens is 1. The number of nitrogens with two attached hydrogens (primary N) is 1. The van der Waals surface area contributed by atoms with Crippen molar-refractivity contribution < 1.29 is 4.74 Å². The van der Waals surface area contributed by atoms with Crippen molar-refractivity contribution in [2.75, 3.05) is 6.61 Å². The highest BCUT2D eigenvalue weighted by molar-refractivity contribution is 9.11. The van der Waals surface area contributed by atoms with Crippen LogP contribution in [0.4, 0.5) is 0 Å². The predicted octanol–water partition coefficient (Wildman–Crippen LogP) is 3.30. The first-order chi connectivity index (χ1) is 7.00. The topological polar surface area (TPSA) is 35.2 Å². The van der Waals surface area contributed by atoms with Gasteiger partial charge in [-0.1, -0.05) is 40.2 Å². The second-order valence-corrected chi connectivity index (χ2v) is 4.76. The molecule has 3 heteroatoms. The standard InChI is InChI=1S/C12H16BrNO/c1-8-4-5-12(15-7-9(2)13)11(6-8)10(3)14/h4-6,10H,2,7,14H2,1,3H3/t10-/m1/s1. The zero-order chi connectivity index (χ0) is 11.4. The number of ether oxygens (including phenoxy) is 1. The number of hydrogen-bond donors (Lipinski definition) is 1. The lowest BCUT2D eigenvalue weighted by Crippen LogP contribution is -2.09. The van der Waals surface area contributed by atoms with Gasteiger partial charge < -0.3 is 10.5 Å². The molecule has 2 nitrogen and oxygen atoms in total. The summed E-state index contributed by atoms with van der Waals surface area (Å²) in [6.45, 7) is 8.17. The summed E-state index contributed by atoms with van der Waals surface area (Å²) >= 11 is 3.26. The molecule has 0 aliphatic rings. The van der Waals surface area contributed by atoms with E-state index in [2.05, 4.69) is 28.6 Å². The quantitative estimate of drug-likeness (QED) is 0.911. The first-order valence-electron chi connectivity index (χ1n) is 4.83. The molecule has 0 aliphatic carbocycles. The summed E-state index contributed by atoms with van der Waals surface area (Å²) in [5.41, 5.74) is 8.09. The molecule has 1 atom stereocenters. The molecule has 0 unspecified atom stereocenters. The van der Waals surface area contributed by atoms with Crippen molar-refractivity contribution in [3.05, 3.63) is 40.4 Å². The van der Waals surface area contributed by atoms with Crippen LogP contribution in [0.5, 0.6) is 5.75 Å². The van der Waals surface area contributed by atoms with Gasteiger partial charge in [0.1, 0.15) is 12.4 Å². The number of benzene rings is 1. The van der Waals surface area contributed by atoms with Crippen molar-refractivity contribution in [1.82, 2.24) is 0 Å². The Morgan fingerprint density at radius 3 is 2.80 bits per heavy atom. The highest BCUT2D eigenvalue weighted by Crippen LogP contribution is 2.25. The Balaban J connectivity index is 2.90. The highest BCUT2D eigenvalue weighted by Gasteiger charge is 2.08. The van der Waals surface area contributed by atoms with Crippen molar-refractivity contribution in [3.8, 4) is 5.75 Å². The number of aryl methyl sites for hydroxylation is 1. The minimum Gasteiger partial charge on any atom is -0.488 e. The molecule has 0 aromatic heterocycles. The highest BCUT2D eigenvalue weighted by atomic mass is 79.9. The fraction of sp³-hybridized carbons (Fsp3) is 0.333. The molecule has 0 spiro atoms. The first kappa shape index (κ1) is 12.3. The molecular weight excluding hydrogens is 254 g/mol. The van der Waals surface area contributed by atoms with Crippen LogP contribution >= 0.6 is 15.9 Å². The van der Waals surface area contributed by atoms with E-state index in [4.69, 9.17) is 10.5 Å². The lowest BCUT2D eigenvalue weighted by Gasteiger charge is -2.14. The molecule has 0 radical (unpaired) electrons. The van der Waals surface area contributed by atoms with Gasteiger partial charge in [-0.25, -0.2) is 0 Å². The Morgan fingerprint density at radius 2 is 2.27 bits per heavy atom. The summed E-state index contributed by atoms with van der Waals surface area (Å²) in [6.07, 6.45) is 0. The minimum absolute atomic E-state index is 0.0245. The molecule has 0 saturated heterocycles. The summed E-state index contributed by atoms with van der Waals surface area (Å²) in [7, 11) is 0. The number of hydrogen-bond acceptors (Lipinski definition) is 2. The van der Waals surface area contributed by atoms with Crippen LogP contribution in [-0.2, 0) is 0 Å². The molecule has 0 aliphatic heterocycles. The summed E-state index contributed by atoms with van der Waals surface area (Å²) in [6, 6.07) is 5.99. The fourth-order valence-corrected chi connectivity index (χ4v) is 1.43. The molecule has 2 N–H and O–H groups in total. The van der Waals surface area contributed by atoms with Crippen LogP contribution in [0.1, 0.15) is 24.1 Å². The number of rotatable bonds is 4. The lowest BCUT2D eigenvalue weighted by atomic mass is 10.1. The second-order valence-electron chi connectivity index (χ2n) is 3.64. The van der Waals surface area contributed by atoms with E-state index in [9.17, 15) is 0 Å². The smallest absolute Gasteiger partial charge is 0.124 e. The van der Waals surface area contributed by atoms with Crippen LogP contribution in [0, 0.1) is 6.92 Å². The average molecular weight is 270 g/mol. The van der Waals surface area contributed by atoms with Crippen LogP contribution in [0.15, 0.2) is 29.3 Å². The monoisotopic (exact) mass is 269 g/mol. The van der Waals surface area contributed by atoms with E-state index < -0.39 is 0 Å². The van der Waals surface area contributed by atoms with Crippen LogP contribution < -0.4 is 10.5 Å². The largest absolute Gasteiger partial charge is 0.488 e. The molecule has 0 amide bonds. The Bertz CT molecular complexity index is 361. The van der Waals surface area contributed by atoms with Gasteiger partial charge in [-0.15, -0.1) is 0 Å². The molecule has 0 saturated carbocycles. The maximum atomic E-state index is 5.88. The van der Waals surface area contributed by atoms with Gasteiger partial charge >= 0.3 is 0 Å². The van der Waals surface area contributed by atoms with Crippen LogP contribution in [0.3, 0.4) is 0 Å². The molecule has 0 bridgehead atoms. The summed E-state index contributed by atoms with van der Waals surface area (Å²) in [5.74, 6) is 0.830. The van der Waals surface area contributed by atoms with Gasteiger partial charge in [-0.3, -0.25) is 0 Å². The maximum absolute atomic E-state index is 5.88. The van der Waals surface area contributed by atoms with Crippen molar-refractivity contribution in [3.63, 3.8) is 0 Å². The van der Waals surface area contributed by atoms with E-state index in [1.807, 2.05) is 26.0 Å². The van der Waals surface area contributed by atoms with Gasteiger partial charge in [0, 0.05) is 16.1 Å². The van der Waals surface area contributed by atoms with Crippen LogP contribution in [0.25, 0.3) is 0 Å². The molecule has 0 heterocycles. The SMILES string of the molecule is C=C(Br)COc1ccc(C)cc1[C@@H](C)N. The van der Waals surface area contributed by atoms with E-state index in [1.165, 1.54) is 5.56 Å². The molecule has 1 aromatic carbocycles. The Labute approximate surface area is 99.3 Å². The molecule has 0 fully saturated rings. The van der Waals surface area contributed by atoms with E-state index >= 15 is 0 Å². The van der Waals surface area contributed by atoms with E-state index in [1.54, 1.807) is 0 Å². The third-order valence-electron chi connectivity index (χ3n) is 2.04.